The van der Waals surface area contributed by atoms with E-state index < -0.39 is 0 Å². The normalized spacial score (nSPS) is 14.0. The number of rotatable bonds is 4. The smallest absolute Gasteiger partial charge is 0.241 e. The van der Waals surface area contributed by atoms with Gasteiger partial charge in [-0.15, -0.1) is 0 Å². The highest BCUT2D eigenvalue weighted by Gasteiger charge is 2.23. The van der Waals surface area contributed by atoms with Crippen molar-refractivity contribution in [2.75, 3.05) is 45.7 Å². The van der Waals surface area contributed by atoms with Crippen LogP contribution in [0.3, 0.4) is 0 Å². The quantitative estimate of drug-likeness (QED) is 0.830. The van der Waals surface area contributed by atoms with Crippen LogP contribution < -0.4 is 4.90 Å². The van der Waals surface area contributed by atoms with Crippen molar-refractivity contribution in [2.24, 2.45) is 0 Å². The number of hydrogen-bond acceptors (Lipinski definition) is 3. The Hall–Kier alpha value is -1.88. The van der Waals surface area contributed by atoms with Crippen molar-refractivity contribution >= 4 is 17.5 Å². The Morgan fingerprint density at radius 1 is 1.14 bits per heavy atom. The van der Waals surface area contributed by atoms with Crippen LogP contribution in [0, 0.1) is 0 Å². The largest absolute Gasteiger partial charge is 0.348 e. The Bertz CT molecular complexity index is 528. The maximum atomic E-state index is 12.5. The molecule has 0 fully saturated rings. The van der Waals surface area contributed by atoms with E-state index in [0.717, 1.165) is 25.1 Å². The van der Waals surface area contributed by atoms with E-state index in [1.54, 1.807) is 26.0 Å². The first-order valence-corrected chi connectivity index (χ1v) is 7.26. The first-order valence-electron chi connectivity index (χ1n) is 7.26. The lowest BCUT2D eigenvalue weighted by atomic mass is 10.0. The minimum Gasteiger partial charge on any atom is -0.348 e. The van der Waals surface area contributed by atoms with Crippen molar-refractivity contribution in [3.63, 3.8) is 0 Å². The molecule has 21 heavy (non-hydrogen) atoms. The number of anilines is 1. The summed E-state index contributed by atoms with van der Waals surface area (Å²) in [5, 5.41) is 0. The average Bonchev–Trinajstić information content (AvgIpc) is 2.46. The molecule has 114 valence electrons. The Labute approximate surface area is 126 Å². The molecule has 0 aromatic heterocycles. The van der Waals surface area contributed by atoms with Crippen LogP contribution in [0.1, 0.15) is 12.0 Å². The highest BCUT2D eigenvalue weighted by molar-refractivity contribution is 5.96. The number of carbonyl (C=O) groups excluding carboxylic acids is 2. The van der Waals surface area contributed by atoms with E-state index >= 15 is 0 Å². The third kappa shape index (κ3) is 3.82. The molecule has 5 nitrogen and oxygen atoms in total. The maximum absolute atomic E-state index is 12.5. The zero-order valence-corrected chi connectivity index (χ0v) is 13.0. The second kappa shape index (κ2) is 6.72. The Kier molecular flexibility index (Phi) is 4.96. The van der Waals surface area contributed by atoms with Gasteiger partial charge in [0.15, 0.2) is 0 Å². The van der Waals surface area contributed by atoms with Gasteiger partial charge >= 0.3 is 0 Å². The van der Waals surface area contributed by atoms with Crippen LogP contribution in [0.25, 0.3) is 0 Å². The molecule has 0 unspecified atom stereocenters. The topological polar surface area (TPSA) is 43.9 Å². The number of carbonyl (C=O) groups is 2. The fourth-order valence-corrected chi connectivity index (χ4v) is 2.54. The fourth-order valence-electron chi connectivity index (χ4n) is 2.54. The minimum atomic E-state index is 0.00402. The van der Waals surface area contributed by atoms with Crippen LogP contribution in [0.2, 0.25) is 0 Å². The summed E-state index contributed by atoms with van der Waals surface area (Å²) in [6.45, 7) is 1.27. The van der Waals surface area contributed by atoms with Crippen molar-refractivity contribution in [1.29, 1.82) is 0 Å². The number of amides is 2. The molecule has 0 saturated carbocycles. The second-order valence-electron chi connectivity index (χ2n) is 5.74. The molecule has 0 radical (unpaired) electrons. The number of likely N-dealkylation sites (N-methyl/N-ethyl adjacent to an activating group) is 2. The number of aryl methyl sites for hydroxylation is 1. The Morgan fingerprint density at radius 3 is 2.57 bits per heavy atom. The summed E-state index contributed by atoms with van der Waals surface area (Å²) in [6.07, 6.45) is 2.01. The molecule has 0 N–H and O–H groups in total. The molecule has 2 amide bonds. The third-order valence-electron chi connectivity index (χ3n) is 3.72. The van der Waals surface area contributed by atoms with Gasteiger partial charge < -0.3 is 9.80 Å². The second-order valence-corrected chi connectivity index (χ2v) is 5.74. The molecule has 5 heteroatoms. The average molecular weight is 289 g/mol. The fraction of sp³-hybridized carbons (Fsp3) is 0.500. The molecule has 0 atom stereocenters. The summed E-state index contributed by atoms with van der Waals surface area (Å²) in [7, 11) is 5.24. The van der Waals surface area contributed by atoms with E-state index in [4.69, 9.17) is 0 Å². The van der Waals surface area contributed by atoms with Gasteiger partial charge in [0.1, 0.15) is 0 Å². The standard InChI is InChI=1S/C16H23N3O2/c1-17(2)15(20)11-18(3)12-16(21)19-10-6-8-13-7-4-5-9-14(13)19/h4-5,7,9H,6,8,10-12H2,1-3H3. The lowest BCUT2D eigenvalue weighted by Gasteiger charge is -2.31. The van der Waals surface area contributed by atoms with E-state index in [0.29, 0.717) is 0 Å². The van der Waals surface area contributed by atoms with Crippen molar-refractivity contribution < 1.29 is 9.59 Å². The molecule has 0 saturated heterocycles. The van der Waals surface area contributed by atoms with Crippen LogP contribution in [0.5, 0.6) is 0 Å². The van der Waals surface area contributed by atoms with Crippen LogP contribution in [0.4, 0.5) is 5.69 Å². The molecule has 1 heterocycles. The van der Waals surface area contributed by atoms with Crippen LogP contribution in [-0.4, -0.2) is 62.4 Å². The summed E-state index contributed by atoms with van der Waals surface area (Å²) >= 11 is 0. The van der Waals surface area contributed by atoms with E-state index in [9.17, 15) is 9.59 Å². The van der Waals surface area contributed by atoms with Gasteiger partial charge in [0.25, 0.3) is 0 Å². The SMILES string of the molecule is CN(CC(=O)N(C)C)CC(=O)N1CCCc2ccccc21. The third-order valence-corrected chi connectivity index (χ3v) is 3.72. The van der Waals surface area contributed by atoms with Crippen molar-refractivity contribution in [2.45, 2.75) is 12.8 Å². The lowest BCUT2D eigenvalue weighted by molar-refractivity contribution is -0.130. The van der Waals surface area contributed by atoms with Crippen molar-refractivity contribution in [1.82, 2.24) is 9.80 Å². The first-order chi connectivity index (χ1) is 9.99. The molecule has 0 spiro atoms. The van der Waals surface area contributed by atoms with Crippen LogP contribution in [0.15, 0.2) is 24.3 Å². The van der Waals surface area contributed by atoms with E-state index in [1.807, 2.05) is 23.1 Å². The molecule has 0 aliphatic carbocycles. The zero-order chi connectivity index (χ0) is 15.4. The molecule has 1 aliphatic rings. The summed E-state index contributed by atoms with van der Waals surface area (Å²) < 4.78 is 0. The van der Waals surface area contributed by atoms with Gasteiger partial charge in [0, 0.05) is 26.3 Å². The van der Waals surface area contributed by atoms with Gasteiger partial charge in [0.05, 0.1) is 13.1 Å². The minimum absolute atomic E-state index is 0.00402. The van der Waals surface area contributed by atoms with Gasteiger partial charge in [-0.05, 0) is 31.5 Å². The summed E-state index contributed by atoms with van der Waals surface area (Å²) in [6, 6.07) is 8.05. The molecular formula is C16H23N3O2. The van der Waals surface area contributed by atoms with Gasteiger partial charge in [-0.2, -0.15) is 0 Å². The van der Waals surface area contributed by atoms with Crippen molar-refractivity contribution in [3.8, 4) is 0 Å². The van der Waals surface area contributed by atoms with Crippen molar-refractivity contribution in [3.05, 3.63) is 29.8 Å². The Balaban J connectivity index is 2.00. The van der Waals surface area contributed by atoms with Gasteiger partial charge in [-0.3, -0.25) is 14.5 Å². The van der Waals surface area contributed by atoms with E-state index in [1.165, 1.54) is 10.5 Å². The molecule has 1 aromatic rings. The van der Waals surface area contributed by atoms with Gasteiger partial charge in [-0.25, -0.2) is 0 Å². The molecular weight excluding hydrogens is 266 g/mol. The predicted octanol–water partition coefficient (Wildman–Crippen LogP) is 0.986. The summed E-state index contributed by atoms with van der Waals surface area (Å²) in [4.78, 5) is 29.3. The van der Waals surface area contributed by atoms with E-state index in [-0.39, 0.29) is 24.9 Å². The zero-order valence-electron chi connectivity index (χ0n) is 13.0. The maximum Gasteiger partial charge on any atom is 0.241 e. The van der Waals surface area contributed by atoms with Gasteiger partial charge in [0.2, 0.25) is 11.8 Å². The summed E-state index contributed by atoms with van der Waals surface area (Å²) in [5.41, 5.74) is 2.24. The predicted molar refractivity (Wildman–Crippen MR) is 83.3 cm³/mol. The monoisotopic (exact) mass is 289 g/mol. The van der Waals surface area contributed by atoms with Crippen LogP contribution >= 0.6 is 0 Å². The molecule has 1 aliphatic heterocycles. The Morgan fingerprint density at radius 2 is 1.86 bits per heavy atom. The molecule has 1 aromatic carbocycles. The first kappa shape index (κ1) is 15.5. The number of nitrogens with zero attached hydrogens (tertiary/aromatic N) is 3. The number of hydrogen-bond donors (Lipinski definition) is 0. The van der Waals surface area contributed by atoms with Crippen LogP contribution in [-0.2, 0) is 16.0 Å². The lowest BCUT2D eigenvalue weighted by Crippen LogP contribution is -2.44. The highest BCUT2D eigenvalue weighted by atomic mass is 16.2. The molecule has 0 bridgehead atoms. The van der Waals surface area contributed by atoms with E-state index in [2.05, 4.69) is 6.07 Å². The molecule has 2 rings (SSSR count). The number of benzene rings is 1. The number of para-hydroxylation sites is 1. The highest BCUT2D eigenvalue weighted by Crippen LogP contribution is 2.26. The number of fused-ring (bicyclic) bond motifs is 1. The van der Waals surface area contributed by atoms with Gasteiger partial charge in [-0.1, -0.05) is 18.2 Å². The summed E-state index contributed by atoms with van der Waals surface area (Å²) in [5.74, 6) is 0.0561.